The van der Waals surface area contributed by atoms with Gasteiger partial charge in [0.1, 0.15) is 5.69 Å². The van der Waals surface area contributed by atoms with Gasteiger partial charge in [0.05, 0.1) is 4.92 Å². The zero-order valence-corrected chi connectivity index (χ0v) is 10.2. The highest BCUT2D eigenvalue weighted by atomic mass is 35.5. The fraction of sp³-hybridized carbons (Fsp3) is 0. The fourth-order valence-electron chi connectivity index (χ4n) is 1.71. The van der Waals surface area contributed by atoms with Crippen LogP contribution in [0.15, 0.2) is 40.9 Å². The summed E-state index contributed by atoms with van der Waals surface area (Å²) in [6, 6.07) is 7.73. The molecule has 0 saturated carbocycles. The Balaban J connectivity index is 2.22. The van der Waals surface area contributed by atoms with Crippen LogP contribution in [0.25, 0.3) is 22.7 Å². The molecule has 0 bridgehead atoms. The molecule has 0 spiro atoms. The van der Waals surface area contributed by atoms with Gasteiger partial charge < -0.3 is 4.42 Å². The lowest BCUT2D eigenvalue weighted by Crippen LogP contribution is -1.88. The van der Waals surface area contributed by atoms with Gasteiger partial charge in [0.25, 0.3) is 5.69 Å². The van der Waals surface area contributed by atoms with E-state index in [9.17, 15) is 10.1 Å². The molecule has 94 valence electrons. The van der Waals surface area contributed by atoms with E-state index in [-0.39, 0.29) is 17.1 Å². The highest BCUT2D eigenvalue weighted by Crippen LogP contribution is 2.29. The summed E-state index contributed by atoms with van der Waals surface area (Å²) in [5, 5.41) is 11.4. The summed E-state index contributed by atoms with van der Waals surface area (Å²) in [6.07, 6.45) is 1.51. The smallest absolute Gasteiger partial charge is 0.298 e. The van der Waals surface area contributed by atoms with Crippen molar-refractivity contribution in [2.24, 2.45) is 0 Å². The third-order valence-electron chi connectivity index (χ3n) is 2.54. The van der Waals surface area contributed by atoms with Crippen LogP contribution in [0.5, 0.6) is 0 Å². The number of pyridine rings is 1. The van der Waals surface area contributed by atoms with Crippen LogP contribution in [-0.2, 0) is 0 Å². The van der Waals surface area contributed by atoms with Crippen molar-refractivity contribution < 1.29 is 9.34 Å². The van der Waals surface area contributed by atoms with Gasteiger partial charge in [0, 0.05) is 17.3 Å². The predicted octanol–water partition coefficient (Wildman–Crippen LogP) is 3.45. The topological polar surface area (TPSA) is 82.1 Å². The van der Waals surface area contributed by atoms with Crippen LogP contribution in [0.1, 0.15) is 0 Å². The quantitative estimate of drug-likeness (QED) is 0.528. The standard InChI is InChI=1S/C12H6ClN3O3/c13-7-4-5-14-8(6-7)12-15-11-9(16(17)18)2-1-3-10(11)19-12/h1-6H. The Kier molecular flexibility index (Phi) is 2.64. The summed E-state index contributed by atoms with van der Waals surface area (Å²) in [5.74, 6) is 0.201. The average Bonchev–Trinajstić information content (AvgIpc) is 2.82. The van der Waals surface area contributed by atoms with Gasteiger partial charge in [-0.25, -0.2) is 4.98 Å². The molecule has 0 unspecified atom stereocenters. The molecule has 3 aromatic rings. The van der Waals surface area contributed by atoms with E-state index >= 15 is 0 Å². The Bertz CT molecular complexity index is 785. The third-order valence-corrected chi connectivity index (χ3v) is 2.77. The van der Waals surface area contributed by atoms with Crippen molar-refractivity contribution in [3.63, 3.8) is 0 Å². The first kappa shape index (κ1) is 11.6. The molecule has 19 heavy (non-hydrogen) atoms. The summed E-state index contributed by atoms with van der Waals surface area (Å²) in [5.41, 5.74) is 0.864. The molecule has 2 heterocycles. The summed E-state index contributed by atoms with van der Waals surface area (Å²) >= 11 is 5.86. The van der Waals surface area contributed by atoms with E-state index in [0.29, 0.717) is 16.3 Å². The highest BCUT2D eigenvalue weighted by Gasteiger charge is 2.18. The number of oxazole rings is 1. The maximum Gasteiger partial charge on any atom is 0.298 e. The predicted molar refractivity (Wildman–Crippen MR) is 68.9 cm³/mol. The lowest BCUT2D eigenvalue weighted by atomic mass is 10.3. The van der Waals surface area contributed by atoms with Crippen molar-refractivity contribution in [2.75, 3.05) is 0 Å². The largest absolute Gasteiger partial charge is 0.434 e. The minimum absolute atomic E-state index is 0.102. The number of aromatic nitrogens is 2. The van der Waals surface area contributed by atoms with Gasteiger partial charge >= 0.3 is 0 Å². The second kappa shape index (κ2) is 4.33. The van der Waals surface area contributed by atoms with Crippen LogP contribution in [0.2, 0.25) is 5.02 Å². The van der Waals surface area contributed by atoms with E-state index in [1.165, 1.54) is 12.3 Å². The van der Waals surface area contributed by atoms with Gasteiger partial charge in [-0.2, -0.15) is 0 Å². The summed E-state index contributed by atoms with van der Waals surface area (Å²) in [4.78, 5) is 18.6. The SMILES string of the molecule is O=[N+]([O-])c1cccc2oc(-c3cc(Cl)ccn3)nc12. The van der Waals surface area contributed by atoms with Crippen molar-refractivity contribution >= 4 is 28.4 Å². The summed E-state index contributed by atoms with van der Waals surface area (Å²) in [6.45, 7) is 0. The molecule has 0 N–H and O–H groups in total. The third kappa shape index (κ3) is 2.02. The number of nitrogens with zero attached hydrogens (tertiary/aromatic N) is 3. The number of benzene rings is 1. The minimum Gasteiger partial charge on any atom is -0.434 e. The second-order valence-corrected chi connectivity index (χ2v) is 4.20. The van der Waals surface area contributed by atoms with Gasteiger partial charge in [-0.3, -0.25) is 15.1 Å². The van der Waals surface area contributed by atoms with Crippen LogP contribution >= 0.6 is 11.6 Å². The summed E-state index contributed by atoms with van der Waals surface area (Å²) < 4.78 is 5.46. The molecule has 0 aliphatic rings. The molecule has 0 atom stereocenters. The second-order valence-electron chi connectivity index (χ2n) is 3.76. The van der Waals surface area contributed by atoms with E-state index in [1.807, 2.05) is 0 Å². The molecule has 7 heteroatoms. The molecule has 0 radical (unpaired) electrons. The van der Waals surface area contributed by atoms with Gasteiger partial charge in [0.15, 0.2) is 11.1 Å². The Morgan fingerprint density at radius 2 is 2.16 bits per heavy atom. The highest BCUT2D eigenvalue weighted by molar-refractivity contribution is 6.30. The number of rotatable bonds is 2. The lowest BCUT2D eigenvalue weighted by molar-refractivity contribution is -0.383. The van der Waals surface area contributed by atoms with Crippen LogP contribution < -0.4 is 0 Å². The van der Waals surface area contributed by atoms with Crippen molar-refractivity contribution in [3.8, 4) is 11.6 Å². The number of nitro groups is 1. The zero-order chi connectivity index (χ0) is 13.4. The number of hydrogen-bond donors (Lipinski definition) is 0. The van der Waals surface area contributed by atoms with Crippen molar-refractivity contribution in [3.05, 3.63) is 51.7 Å². The molecular formula is C12H6ClN3O3. The minimum atomic E-state index is -0.500. The number of para-hydroxylation sites is 1. The first-order valence-corrected chi connectivity index (χ1v) is 5.69. The average molecular weight is 276 g/mol. The Morgan fingerprint density at radius 1 is 1.32 bits per heavy atom. The first-order chi connectivity index (χ1) is 9.15. The molecule has 2 aromatic heterocycles. The molecular weight excluding hydrogens is 270 g/mol. The zero-order valence-electron chi connectivity index (χ0n) is 9.41. The van der Waals surface area contributed by atoms with E-state index < -0.39 is 4.92 Å². The van der Waals surface area contributed by atoms with Crippen LogP contribution in [-0.4, -0.2) is 14.9 Å². The molecule has 0 fully saturated rings. The van der Waals surface area contributed by atoms with Gasteiger partial charge in [-0.05, 0) is 18.2 Å². The maximum atomic E-state index is 10.9. The van der Waals surface area contributed by atoms with Crippen LogP contribution in [0.3, 0.4) is 0 Å². The number of hydrogen-bond acceptors (Lipinski definition) is 5. The monoisotopic (exact) mass is 275 g/mol. The lowest BCUT2D eigenvalue weighted by Gasteiger charge is -1.93. The number of non-ortho nitro benzene ring substituents is 1. The van der Waals surface area contributed by atoms with Crippen molar-refractivity contribution in [2.45, 2.75) is 0 Å². The van der Waals surface area contributed by atoms with E-state index in [0.717, 1.165) is 0 Å². The molecule has 0 saturated heterocycles. The van der Waals surface area contributed by atoms with Crippen LogP contribution in [0.4, 0.5) is 5.69 Å². The van der Waals surface area contributed by atoms with Gasteiger partial charge in [0.2, 0.25) is 5.89 Å². The van der Waals surface area contributed by atoms with Crippen molar-refractivity contribution in [1.82, 2.24) is 9.97 Å². The molecule has 6 nitrogen and oxygen atoms in total. The van der Waals surface area contributed by atoms with E-state index in [1.54, 1.807) is 24.3 Å². The maximum absolute atomic E-state index is 10.9. The van der Waals surface area contributed by atoms with E-state index in [2.05, 4.69) is 9.97 Å². The Hall–Kier alpha value is -2.47. The number of fused-ring (bicyclic) bond motifs is 1. The van der Waals surface area contributed by atoms with E-state index in [4.69, 9.17) is 16.0 Å². The fourth-order valence-corrected chi connectivity index (χ4v) is 1.87. The Labute approximate surface area is 111 Å². The van der Waals surface area contributed by atoms with Crippen LogP contribution in [0, 0.1) is 10.1 Å². The Morgan fingerprint density at radius 3 is 2.89 bits per heavy atom. The normalized spacial score (nSPS) is 10.8. The molecule has 0 amide bonds. The molecule has 0 aliphatic heterocycles. The molecule has 3 rings (SSSR count). The van der Waals surface area contributed by atoms with Gasteiger partial charge in [-0.1, -0.05) is 17.7 Å². The molecule has 1 aromatic carbocycles. The summed E-state index contributed by atoms with van der Waals surface area (Å²) in [7, 11) is 0. The number of nitro benzene ring substituents is 1. The number of halogens is 1. The first-order valence-electron chi connectivity index (χ1n) is 5.31. The van der Waals surface area contributed by atoms with Gasteiger partial charge in [-0.15, -0.1) is 0 Å². The van der Waals surface area contributed by atoms with Crippen molar-refractivity contribution in [1.29, 1.82) is 0 Å². The molecule has 0 aliphatic carbocycles.